The lowest BCUT2D eigenvalue weighted by molar-refractivity contribution is 0.746. The summed E-state index contributed by atoms with van der Waals surface area (Å²) in [5, 5.41) is 0. The number of benzene rings is 2. The molecule has 4 heteroatoms. The van der Waals surface area contributed by atoms with Crippen LogP contribution in [0.2, 0.25) is 0 Å². The molecule has 0 radical (unpaired) electrons. The minimum absolute atomic E-state index is 0.222. The number of rotatable bonds is 2. The first-order valence-corrected chi connectivity index (χ1v) is 8.69. The SMILES string of the molecule is Cc1ccc2c(c1N1C=CN(c3ccccc3)[C@@H]1C)-n1ccnc1C2. The minimum Gasteiger partial charge on any atom is -0.326 e. The van der Waals surface area contributed by atoms with Crippen molar-refractivity contribution in [1.82, 2.24) is 9.55 Å². The molecule has 2 aliphatic heterocycles. The van der Waals surface area contributed by atoms with Crippen molar-refractivity contribution in [2.24, 2.45) is 0 Å². The Hall–Kier alpha value is -3.01. The molecule has 25 heavy (non-hydrogen) atoms. The highest BCUT2D eigenvalue weighted by atomic mass is 15.4. The number of nitrogens with zero attached hydrogens (tertiary/aromatic N) is 4. The van der Waals surface area contributed by atoms with E-state index in [1.54, 1.807) is 0 Å². The summed E-state index contributed by atoms with van der Waals surface area (Å²) < 4.78 is 2.24. The largest absolute Gasteiger partial charge is 0.326 e. The standard InChI is InChI=1S/C21H20N4/c1-15-8-9-17-14-19-22-10-11-25(19)21(17)20(15)24-13-12-23(16(24)2)18-6-4-3-5-7-18/h3-13,16H,14H2,1-2H3/t16-/m0/s1. The number of para-hydroxylation sites is 1. The minimum atomic E-state index is 0.222. The summed E-state index contributed by atoms with van der Waals surface area (Å²) in [6, 6.07) is 15.0. The van der Waals surface area contributed by atoms with Crippen LogP contribution in [0.5, 0.6) is 0 Å². The van der Waals surface area contributed by atoms with Gasteiger partial charge in [-0.15, -0.1) is 0 Å². The van der Waals surface area contributed by atoms with Crippen LogP contribution in [0.3, 0.4) is 0 Å². The van der Waals surface area contributed by atoms with E-state index in [0.717, 1.165) is 12.2 Å². The third kappa shape index (κ3) is 2.03. The van der Waals surface area contributed by atoms with Gasteiger partial charge in [-0.05, 0) is 37.1 Å². The summed E-state index contributed by atoms with van der Waals surface area (Å²) in [7, 11) is 0. The predicted molar refractivity (Wildman–Crippen MR) is 101 cm³/mol. The molecule has 0 fully saturated rings. The van der Waals surface area contributed by atoms with E-state index in [1.807, 2.05) is 6.20 Å². The van der Waals surface area contributed by atoms with Crippen LogP contribution < -0.4 is 9.80 Å². The zero-order valence-corrected chi connectivity index (χ0v) is 14.4. The van der Waals surface area contributed by atoms with Crippen molar-refractivity contribution in [1.29, 1.82) is 0 Å². The summed E-state index contributed by atoms with van der Waals surface area (Å²) in [6.45, 7) is 4.44. The van der Waals surface area contributed by atoms with Crippen LogP contribution in [-0.2, 0) is 6.42 Å². The fourth-order valence-electron chi connectivity index (χ4n) is 3.99. The highest BCUT2D eigenvalue weighted by molar-refractivity contribution is 5.76. The lowest BCUT2D eigenvalue weighted by atomic mass is 10.1. The number of fused-ring (bicyclic) bond motifs is 3. The van der Waals surface area contributed by atoms with Gasteiger partial charge in [0.2, 0.25) is 0 Å². The molecular formula is C21H20N4. The third-order valence-electron chi connectivity index (χ3n) is 5.25. The van der Waals surface area contributed by atoms with E-state index in [9.17, 15) is 0 Å². The van der Waals surface area contributed by atoms with Crippen molar-refractivity contribution in [2.75, 3.05) is 9.80 Å². The predicted octanol–water partition coefficient (Wildman–Crippen LogP) is 4.23. The van der Waals surface area contributed by atoms with Crippen molar-refractivity contribution < 1.29 is 0 Å². The molecule has 1 atom stereocenters. The van der Waals surface area contributed by atoms with Crippen molar-refractivity contribution >= 4 is 11.4 Å². The van der Waals surface area contributed by atoms with Gasteiger partial charge in [-0.3, -0.25) is 0 Å². The van der Waals surface area contributed by atoms with Crippen molar-refractivity contribution in [3.05, 3.63) is 84.2 Å². The fraction of sp³-hybridized carbons (Fsp3) is 0.190. The lowest BCUT2D eigenvalue weighted by Crippen LogP contribution is -2.36. The molecule has 1 aromatic heterocycles. The Morgan fingerprint density at radius 1 is 0.960 bits per heavy atom. The maximum absolute atomic E-state index is 4.51. The molecular weight excluding hydrogens is 308 g/mol. The first kappa shape index (κ1) is 14.3. The quantitative estimate of drug-likeness (QED) is 0.550. The van der Waals surface area contributed by atoms with Crippen LogP contribution in [0.4, 0.5) is 11.4 Å². The molecule has 5 rings (SSSR count). The molecule has 3 aromatic rings. The van der Waals surface area contributed by atoms with Crippen LogP contribution in [0.25, 0.3) is 5.69 Å². The number of hydrogen-bond acceptors (Lipinski definition) is 3. The number of anilines is 2. The molecule has 2 aromatic carbocycles. The monoisotopic (exact) mass is 328 g/mol. The van der Waals surface area contributed by atoms with E-state index < -0.39 is 0 Å². The highest BCUT2D eigenvalue weighted by Crippen LogP contribution is 2.40. The number of imidazole rings is 1. The van der Waals surface area contributed by atoms with E-state index in [4.69, 9.17) is 0 Å². The van der Waals surface area contributed by atoms with Crippen molar-refractivity contribution in [2.45, 2.75) is 26.4 Å². The maximum Gasteiger partial charge on any atom is 0.117 e. The first-order valence-electron chi connectivity index (χ1n) is 8.69. The smallest absolute Gasteiger partial charge is 0.117 e. The molecule has 0 N–H and O–H groups in total. The van der Waals surface area contributed by atoms with Crippen LogP contribution in [-0.4, -0.2) is 15.7 Å². The molecule has 124 valence electrons. The summed E-state index contributed by atoms with van der Waals surface area (Å²) in [5.41, 5.74) is 6.40. The number of hydrogen-bond donors (Lipinski definition) is 0. The molecule has 0 spiro atoms. The van der Waals surface area contributed by atoms with Gasteiger partial charge in [0.05, 0.1) is 11.4 Å². The van der Waals surface area contributed by atoms with Crippen LogP contribution in [0, 0.1) is 6.92 Å². The zero-order chi connectivity index (χ0) is 17.0. The van der Waals surface area contributed by atoms with Gasteiger partial charge >= 0.3 is 0 Å². The van der Waals surface area contributed by atoms with E-state index in [1.165, 1.54) is 28.2 Å². The van der Waals surface area contributed by atoms with Crippen molar-refractivity contribution in [3.63, 3.8) is 0 Å². The van der Waals surface area contributed by atoms with Gasteiger partial charge in [-0.1, -0.05) is 30.3 Å². The van der Waals surface area contributed by atoms with E-state index >= 15 is 0 Å². The molecule has 0 amide bonds. The molecule has 0 saturated heterocycles. The molecule has 2 aliphatic rings. The fourth-order valence-corrected chi connectivity index (χ4v) is 3.99. The number of aromatic nitrogens is 2. The van der Waals surface area contributed by atoms with Crippen LogP contribution >= 0.6 is 0 Å². The Kier molecular flexibility index (Phi) is 3.01. The lowest BCUT2D eigenvalue weighted by Gasteiger charge is -2.32. The van der Waals surface area contributed by atoms with Crippen molar-refractivity contribution in [3.8, 4) is 5.69 Å². The van der Waals surface area contributed by atoms with Crippen LogP contribution in [0.1, 0.15) is 23.9 Å². The average Bonchev–Trinajstić information content (AvgIpc) is 3.31. The summed E-state index contributed by atoms with van der Waals surface area (Å²) in [6.07, 6.45) is 9.45. The van der Waals surface area contributed by atoms with Gasteiger partial charge in [0.25, 0.3) is 0 Å². The Labute approximate surface area is 147 Å². The van der Waals surface area contributed by atoms with Gasteiger partial charge in [0.15, 0.2) is 0 Å². The molecule has 3 heterocycles. The summed E-state index contributed by atoms with van der Waals surface area (Å²) in [5.74, 6) is 1.12. The normalized spacial score (nSPS) is 17.9. The molecule has 0 bridgehead atoms. The first-order chi connectivity index (χ1) is 12.2. The second-order valence-electron chi connectivity index (χ2n) is 6.71. The van der Waals surface area contributed by atoms with Gasteiger partial charge in [0, 0.05) is 36.9 Å². The average molecular weight is 328 g/mol. The highest BCUT2D eigenvalue weighted by Gasteiger charge is 2.31. The Bertz CT molecular complexity index is 971. The number of aryl methyl sites for hydroxylation is 1. The van der Waals surface area contributed by atoms with E-state index in [2.05, 4.69) is 94.3 Å². The maximum atomic E-state index is 4.51. The van der Waals surface area contributed by atoms with E-state index in [0.29, 0.717) is 0 Å². The van der Waals surface area contributed by atoms with Gasteiger partial charge in [-0.25, -0.2) is 4.98 Å². The van der Waals surface area contributed by atoms with Gasteiger partial charge < -0.3 is 14.4 Å². The Morgan fingerprint density at radius 2 is 1.76 bits per heavy atom. The Morgan fingerprint density at radius 3 is 2.60 bits per heavy atom. The topological polar surface area (TPSA) is 24.3 Å². The summed E-state index contributed by atoms with van der Waals surface area (Å²) >= 11 is 0. The molecule has 0 unspecified atom stereocenters. The second-order valence-corrected chi connectivity index (χ2v) is 6.71. The zero-order valence-electron chi connectivity index (χ0n) is 14.4. The van der Waals surface area contributed by atoms with E-state index in [-0.39, 0.29) is 6.17 Å². The molecule has 0 saturated carbocycles. The van der Waals surface area contributed by atoms with Crippen LogP contribution in [0.15, 0.2) is 67.3 Å². The van der Waals surface area contributed by atoms with Gasteiger partial charge in [0.1, 0.15) is 12.0 Å². The molecule has 4 nitrogen and oxygen atoms in total. The second kappa shape index (κ2) is 5.24. The Balaban J connectivity index is 1.60. The van der Waals surface area contributed by atoms with Gasteiger partial charge in [-0.2, -0.15) is 0 Å². The summed E-state index contributed by atoms with van der Waals surface area (Å²) in [4.78, 5) is 9.19. The third-order valence-corrected chi connectivity index (χ3v) is 5.25. The molecule has 0 aliphatic carbocycles.